The van der Waals surface area contributed by atoms with Crippen molar-refractivity contribution in [2.24, 2.45) is 58.2 Å². The van der Waals surface area contributed by atoms with E-state index in [1.165, 1.54) is 38.5 Å². The minimum Gasteiger partial charge on any atom is -0.393 e. The monoisotopic (exact) mass is 418 g/mol. The van der Waals surface area contributed by atoms with Crippen LogP contribution in [0.25, 0.3) is 0 Å². The molecule has 0 spiro atoms. The zero-order valence-electron chi connectivity index (χ0n) is 20.7. The molecule has 0 aliphatic heterocycles. The van der Waals surface area contributed by atoms with Gasteiger partial charge in [0.2, 0.25) is 0 Å². The summed E-state index contributed by atoms with van der Waals surface area (Å²) in [7, 11) is 0. The van der Waals surface area contributed by atoms with E-state index >= 15 is 0 Å². The lowest BCUT2D eigenvalue weighted by Gasteiger charge is -2.62. The average Bonchev–Trinajstić information content (AvgIpc) is 3.04. The number of rotatable bonds is 5. The van der Waals surface area contributed by atoms with Crippen molar-refractivity contribution in [1.82, 2.24) is 0 Å². The Bertz CT molecular complexity index is 601. The quantitative estimate of drug-likeness (QED) is 0.522. The Hall–Kier alpha value is -0.0800. The van der Waals surface area contributed by atoms with E-state index in [0.29, 0.717) is 17.3 Å². The molecule has 0 amide bonds. The lowest BCUT2D eigenvalue weighted by Crippen LogP contribution is -2.58. The zero-order valence-corrected chi connectivity index (χ0v) is 20.7. The Balaban J connectivity index is 1.49. The van der Waals surface area contributed by atoms with Gasteiger partial charge in [0.1, 0.15) is 0 Å². The standard InChI is InChI=1S/C28H50O2/c1-17(2)18(3)7-8-19(4)22-9-10-23-21-16-26(30)25-15-20(29)11-13-28(25,6)24(21)12-14-27(22,23)5/h17-26,29-30H,7-16H2,1-6H3/t18-,19+,20-,21-,22+,23-,24-,25+,26+,27+,28+/m0/s1. The second-order valence-electron chi connectivity index (χ2n) is 13.2. The Kier molecular flexibility index (Phi) is 6.44. The minimum atomic E-state index is -0.197. The lowest BCUT2D eigenvalue weighted by molar-refractivity contribution is -0.172. The Morgan fingerprint density at radius 1 is 0.767 bits per heavy atom. The van der Waals surface area contributed by atoms with E-state index in [1.54, 1.807) is 0 Å². The molecule has 30 heavy (non-hydrogen) atoms. The van der Waals surface area contributed by atoms with Crippen molar-refractivity contribution in [1.29, 1.82) is 0 Å². The summed E-state index contributed by atoms with van der Waals surface area (Å²) >= 11 is 0. The van der Waals surface area contributed by atoms with E-state index in [9.17, 15) is 10.2 Å². The predicted octanol–water partition coefficient (Wildman–Crippen LogP) is 6.69. The van der Waals surface area contributed by atoms with Gasteiger partial charge in [-0.05, 0) is 110 Å². The first-order valence-corrected chi connectivity index (χ1v) is 13.4. The molecule has 0 aromatic rings. The van der Waals surface area contributed by atoms with Crippen LogP contribution in [0, 0.1) is 58.2 Å². The maximum Gasteiger partial charge on any atom is 0.0577 e. The van der Waals surface area contributed by atoms with Crippen molar-refractivity contribution < 1.29 is 10.2 Å². The molecule has 4 aliphatic rings. The number of hydrogen-bond acceptors (Lipinski definition) is 2. The highest BCUT2D eigenvalue weighted by molar-refractivity contribution is 5.11. The van der Waals surface area contributed by atoms with Crippen molar-refractivity contribution in [3.63, 3.8) is 0 Å². The molecule has 2 N–H and O–H groups in total. The number of aliphatic hydroxyl groups is 2. The number of hydrogen-bond donors (Lipinski definition) is 2. The van der Waals surface area contributed by atoms with Gasteiger partial charge in [-0.3, -0.25) is 0 Å². The fourth-order valence-electron chi connectivity index (χ4n) is 9.31. The highest BCUT2D eigenvalue weighted by atomic mass is 16.3. The van der Waals surface area contributed by atoms with Crippen molar-refractivity contribution in [3.05, 3.63) is 0 Å². The number of fused-ring (bicyclic) bond motifs is 5. The molecule has 4 saturated carbocycles. The topological polar surface area (TPSA) is 40.5 Å². The van der Waals surface area contributed by atoms with Gasteiger partial charge in [0.25, 0.3) is 0 Å². The lowest BCUT2D eigenvalue weighted by atomic mass is 9.43. The maximum atomic E-state index is 11.2. The molecule has 174 valence electrons. The van der Waals surface area contributed by atoms with Gasteiger partial charge in [-0.2, -0.15) is 0 Å². The molecule has 4 fully saturated rings. The van der Waals surface area contributed by atoms with E-state index in [1.807, 2.05) is 0 Å². The smallest absolute Gasteiger partial charge is 0.0577 e. The molecule has 2 nitrogen and oxygen atoms in total. The molecule has 0 unspecified atom stereocenters. The van der Waals surface area contributed by atoms with Crippen LogP contribution in [-0.2, 0) is 0 Å². The SMILES string of the molecule is CC(C)[C@@H](C)CC[C@@H](C)[C@H]1CC[C@H]2[C@@H]3C[C@@H](O)[C@H]4C[C@@H](O)CC[C@]4(C)[C@H]3CC[C@]12C. The van der Waals surface area contributed by atoms with E-state index in [2.05, 4.69) is 41.5 Å². The molecule has 0 aromatic carbocycles. The largest absolute Gasteiger partial charge is 0.393 e. The first-order chi connectivity index (χ1) is 14.1. The third kappa shape index (κ3) is 3.70. The third-order valence-corrected chi connectivity index (χ3v) is 11.6. The van der Waals surface area contributed by atoms with Crippen LogP contribution in [0.4, 0.5) is 0 Å². The normalized spacial score (nSPS) is 50.5. The highest BCUT2D eigenvalue weighted by Crippen LogP contribution is 2.68. The molecule has 0 heterocycles. The average molecular weight is 419 g/mol. The zero-order chi connectivity index (χ0) is 21.8. The van der Waals surface area contributed by atoms with Gasteiger partial charge in [0, 0.05) is 0 Å². The minimum absolute atomic E-state index is 0.187. The first kappa shape index (κ1) is 23.1. The summed E-state index contributed by atoms with van der Waals surface area (Å²) in [5.74, 6) is 5.95. The fraction of sp³-hybridized carbons (Fsp3) is 1.00. The van der Waals surface area contributed by atoms with Gasteiger partial charge in [-0.15, -0.1) is 0 Å². The summed E-state index contributed by atoms with van der Waals surface area (Å²) in [6.07, 6.45) is 11.8. The summed E-state index contributed by atoms with van der Waals surface area (Å²) in [4.78, 5) is 0. The Morgan fingerprint density at radius 3 is 2.13 bits per heavy atom. The first-order valence-electron chi connectivity index (χ1n) is 13.4. The van der Waals surface area contributed by atoms with Crippen LogP contribution in [0.2, 0.25) is 0 Å². The van der Waals surface area contributed by atoms with Gasteiger partial charge in [0.05, 0.1) is 12.2 Å². The maximum absolute atomic E-state index is 11.2. The fourth-order valence-corrected chi connectivity index (χ4v) is 9.31. The van der Waals surface area contributed by atoms with Crippen LogP contribution in [0.3, 0.4) is 0 Å². The van der Waals surface area contributed by atoms with Crippen LogP contribution in [0.1, 0.15) is 106 Å². The second kappa shape index (κ2) is 8.36. The highest BCUT2D eigenvalue weighted by Gasteiger charge is 2.62. The number of aliphatic hydroxyl groups excluding tert-OH is 2. The predicted molar refractivity (Wildman–Crippen MR) is 125 cm³/mol. The van der Waals surface area contributed by atoms with Crippen molar-refractivity contribution >= 4 is 0 Å². The van der Waals surface area contributed by atoms with Crippen molar-refractivity contribution in [3.8, 4) is 0 Å². The van der Waals surface area contributed by atoms with Crippen LogP contribution >= 0.6 is 0 Å². The van der Waals surface area contributed by atoms with Crippen LogP contribution in [0.15, 0.2) is 0 Å². The molecule has 11 atom stereocenters. The molecule has 0 aromatic heterocycles. The molecular formula is C28H50O2. The molecule has 0 radical (unpaired) electrons. The van der Waals surface area contributed by atoms with Crippen LogP contribution in [-0.4, -0.2) is 22.4 Å². The van der Waals surface area contributed by atoms with E-state index in [-0.39, 0.29) is 17.6 Å². The Morgan fingerprint density at radius 2 is 1.43 bits per heavy atom. The summed E-state index contributed by atoms with van der Waals surface area (Å²) in [6, 6.07) is 0. The van der Waals surface area contributed by atoms with Gasteiger partial charge < -0.3 is 10.2 Å². The van der Waals surface area contributed by atoms with Crippen LogP contribution in [0.5, 0.6) is 0 Å². The molecule has 4 rings (SSSR count). The Labute approximate surface area is 186 Å². The van der Waals surface area contributed by atoms with Crippen molar-refractivity contribution in [2.45, 2.75) is 118 Å². The molecular weight excluding hydrogens is 368 g/mol. The van der Waals surface area contributed by atoms with Crippen LogP contribution < -0.4 is 0 Å². The van der Waals surface area contributed by atoms with Gasteiger partial charge >= 0.3 is 0 Å². The van der Waals surface area contributed by atoms with Gasteiger partial charge in [0.15, 0.2) is 0 Å². The molecule has 0 saturated heterocycles. The molecule has 2 heteroatoms. The summed E-state index contributed by atoms with van der Waals surface area (Å²) in [5, 5.41) is 21.5. The van der Waals surface area contributed by atoms with E-state index < -0.39 is 0 Å². The van der Waals surface area contributed by atoms with E-state index in [4.69, 9.17) is 0 Å². The van der Waals surface area contributed by atoms with Gasteiger partial charge in [-0.25, -0.2) is 0 Å². The second-order valence-corrected chi connectivity index (χ2v) is 13.2. The molecule has 0 bridgehead atoms. The summed E-state index contributed by atoms with van der Waals surface area (Å²) in [6.45, 7) is 14.8. The van der Waals surface area contributed by atoms with Crippen molar-refractivity contribution in [2.75, 3.05) is 0 Å². The van der Waals surface area contributed by atoms with Gasteiger partial charge in [-0.1, -0.05) is 54.4 Å². The third-order valence-electron chi connectivity index (χ3n) is 11.6. The summed E-state index contributed by atoms with van der Waals surface area (Å²) < 4.78 is 0. The summed E-state index contributed by atoms with van der Waals surface area (Å²) in [5.41, 5.74) is 0.734. The molecule has 4 aliphatic carbocycles. The van der Waals surface area contributed by atoms with E-state index in [0.717, 1.165) is 61.2 Å².